The van der Waals surface area contributed by atoms with Crippen LogP contribution < -0.4 is 44.9 Å². The summed E-state index contributed by atoms with van der Waals surface area (Å²) in [6, 6.07) is 63.1. The normalized spacial score (nSPS) is 16.4. The molecule has 15 rings (SSSR count). The predicted molar refractivity (Wildman–Crippen MR) is 421 cm³/mol. The molecule has 3 fully saturated rings. The van der Waals surface area contributed by atoms with Gasteiger partial charge in [0.1, 0.15) is 17.2 Å². The number of ether oxygens (including phenoxy) is 3. The summed E-state index contributed by atoms with van der Waals surface area (Å²) in [5.74, 6) is 2.94. The van der Waals surface area contributed by atoms with Gasteiger partial charge < -0.3 is 59.6 Å². The van der Waals surface area contributed by atoms with E-state index in [9.17, 15) is 41.9 Å². The summed E-state index contributed by atoms with van der Waals surface area (Å²) >= 11 is 0. The number of para-hydroxylation sites is 6. The van der Waals surface area contributed by atoms with Crippen molar-refractivity contribution in [3.8, 4) is 17.2 Å². The topological polar surface area (TPSA) is 211 Å². The van der Waals surface area contributed by atoms with E-state index in [1.54, 1.807) is 17.3 Å². The average molecular weight is 1510 g/mol. The lowest BCUT2D eigenvalue weighted by Crippen LogP contribution is -2.45. The number of halogens is 3. The van der Waals surface area contributed by atoms with Crippen LogP contribution in [-0.4, -0.2) is 172 Å². The van der Waals surface area contributed by atoms with Gasteiger partial charge in [0.25, 0.3) is 35.4 Å². The number of nitrogens with one attached hydrogen (secondary N) is 3. The molecule has 7 aromatic carbocycles. The summed E-state index contributed by atoms with van der Waals surface area (Å²) < 4.78 is 55.0. The molecule has 6 aliphatic heterocycles. The second-order valence-electron chi connectivity index (χ2n) is 28.5. The second kappa shape index (κ2) is 37.9. The van der Waals surface area contributed by atoms with Crippen molar-refractivity contribution in [3.05, 3.63) is 275 Å². The third kappa shape index (κ3) is 20.6. The number of alkyl halides is 3. The molecule has 6 amide bonds. The van der Waals surface area contributed by atoms with Crippen molar-refractivity contribution in [2.45, 2.75) is 81.8 Å². The fourth-order valence-corrected chi connectivity index (χ4v) is 15.5. The van der Waals surface area contributed by atoms with Crippen LogP contribution >= 0.6 is 0 Å². The lowest BCUT2D eigenvalue weighted by Gasteiger charge is -2.35. The van der Waals surface area contributed by atoms with Gasteiger partial charge in [0.05, 0.1) is 34.9 Å². The van der Waals surface area contributed by atoms with Gasteiger partial charge >= 0.3 is 6.18 Å². The maximum atomic E-state index is 13.0. The quantitative estimate of drug-likeness (QED) is 0.0544. The highest BCUT2D eigenvalue weighted by Gasteiger charge is 2.34. The number of anilines is 3. The summed E-state index contributed by atoms with van der Waals surface area (Å²) in [7, 11) is 0. The Morgan fingerprint density at radius 3 is 1.08 bits per heavy atom. The van der Waals surface area contributed by atoms with Crippen LogP contribution in [-0.2, 0) is 39.9 Å². The number of hydrogen-bond acceptors (Lipinski definition) is 14. The molecule has 3 saturated heterocycles. The number of benzene rings is 7. The van der Waals surface area contributed by atoms with E-state index in [0.717, 1.165) is 189 Å². The Hall–Kier alpha value is -11.3. The molecule has 0 bridgehead atoms. The van der Waals surface area contributed by atoms with E-state index in [1.165, 1.54) is 12.1 Å². The first-order valence-corrected chi connectivity index (χ1v) is 38.5. The highest BCUT2D eigenvalue weighted by Crippen LogP contribution is 2.38. The molecule has 20 nitrogen and oxygen atoms in total. The maximum Gasteiger partial charge on any atom is 0.416 e. The van der Waals surface area contributed by atoms with Crippen LogP contribution in [0.25, 0.3) is 0 Å². The number of fused-ring (bicyclic) bond motifs is 3. The number of nitrogens with zero attached hydrogens (tertiary/aromatic N) is 8. The van der Waals surface area contributed by atoms with Gasteiger partial charge in [-0.15, -0.1) is 0 Å². The van der Waals surface area contributed by atoms with Gasteiger partial charge in [-0.25, -0.2) is 0 Å². The number of piperidine rings is 3. The summed E-state index contributed by atoms with van der Waals surface area (Å²) in [5.41, 5.74) is 9.81. The van der Waals surface area contributed by atoms with Crippen LogP contribution in [0.1, 0.15) is 127 Å². The predicted octanol–water partition coefficient (Wildman–Crippen LogP) is 12.6. The molecule has 3 N–H and O–H groups in total. The summed E-state index contributed by atoms with van der Waals surface area (Å²) in [4.78, 5) is 97.6. The Kier molecular flexibility index (Phi) is 26.6. The summed E-state index contributed by atoms with van der Waals surface area (Å²) in [6.45, 7) is 11.4. The summed E-state index contributed by atoms with van der Waals surface area (Å²) in [5, 5.41) is 9.01. The number of carbonyl (C=O) groups excluding carboxylic acids is 6. The molecule has 111 heavy (non-hydrogen) atoms. The lowest BCUT2D eigenvalue weighted by atomic mass is 9.86. The fraction of sp³-hybridized carbons (Fsp3) is 0.341. The van der Waals surface area contributed by atoms with Crippen molar-refractivity contribution in [2.75, 3.05) is 126 Å². The molecule has 0 atom stereocenters. The Labute approximate surface area is 645 Å². The first-order valence-electron chi connectivity index (χ1n) is 38.5. The standard InChI is InChI=1S/C31H32F3N3O3.C29H32N4O3.C28H30N4O3/c32-31(33,34)24-11-9-22(10-12-24)13-16-35-30(39)26-6-2-1-5-25(26)23-14-17-36(18-15-23)19-20-37-27-7-3-4-8-28(27)40-21-29(37)38;34-28-21-36-27-11-4-3-10-26(27)33(28)20-19-32-17-13-22(14-18-32)24-8-1-2-9-25(24)29(35)31-16-12-23-7-5-6-15-30-23;33-27-20-35-26-11-4-3-10-25(26)32(27)18-17-31-15-12-21(13-16-31)23-8-1-2-9-24(23)28(34)30-19-22-7-5-6-14-29-22/h1-12,23H,13-21H2,(H,35,39);1-11,15,22H,12-14,16-21H2,(H,31,35);1-11,14,21H,12-13,15-20H2,(H,30,34). The first-order chi connectivity index (χ1) is 54.2. The molecule has 0 unspecified atom stereocenters. The number of likely N-dealkylation sites (tertiary alicyclic amines) is 3. The average Bonchev–Trinajstić information content (AvgIpc) is 0.972. The Balaban J connectivity index is 0.000000146. The van der Waals surface area contributed by atoms with Crippen LogP contribution in [0.4, 0.5) is 30.2 Å². The van der Waals surface area contributed by atoms with Crippen molar-refractivity contribution in [3.63, 3.8) is 0 Å². The molecule has 23 heteroatoms. The molecule has 9 aromatic rings. The second-order valence-corrected chi connectivity index (χ2v) is 28.5. The van der Waals surface area contributed by atoms with Gasteiger partial charge in [0.15, 0.2) is 19.8 Å². The van der Waals surface area contributed by atoms with E-state index < -0.39 is 11.7 Å². The van der Waals surface area contributed by atoms with Crippen LogP contribution in [0.5, 0.6) is 17.2 Å². The first kappa shape index (κ1) is 77.9. The van der Waals surface area contributed by atoms with Gasteiger partial charge in [0.2, 0.25) is 0 Å². The Morgan fingerprint density at radius 1 is 0.378 bits per heavy atom. The van der Waals surface area contributed by atoms with Gasteiger partial charge in [-0.3, -0.25) is 38.7 Å². The van der Waals surface area contributed by atoms with E-state index in [0.29, 0.717) is 69.5 Å². The zero-order valence-electron chi connectivity index (χ0n) is 62.3. The molecule has 6 aliphatic rings. The molecule has 0 saturated carbocycles. The van der Waals surface area contributed by atoms with Gasteiger partial charge in [-0.1, -0.05) is 115 Å². The molecule has 576 valence electrons. The largest absolute Gasteiger partial charge is 0.482 e. The SMILES string of the molecule is O=C(NCCc1ccc(C(F)(F)F)cc1)c1ccccc1C1CCN(CCN2C(=O)COc3ccccc32)CC1.O=C(NCCc1ccccn1)c1ccccc1C1CCN(CCN2C(=O)COc3ccccc32)CC1.O=C(NCc1ccccn1)c1ccccc1C1CCN(CCN2C(=O)COc3ccccc32)CC1. The van der Waals surface area contributed by atoms with E-state index in [1.807, 2.05) is 180 Å². The Bertz CT molecular complexity index is 4630. The number of rotatable bonds is 23. The zero-order valence-corrected chi connectivity index (χ0v) is 62.3. The molecule has 0 spiro atoms. The van der Waals surface area contributed by atoms with E-state index in [4.69, 9.17) is 14.2 Å². The maximum absolute atomic E-state index is 13.0. The number of amides is 6. The van der Waals surface area contributed by atoms with Crippen molar-refractivity contribution < 1.29 is 56.1 Å². The Morgan fingerprint density at radius 2 is 0.712 bits per heavy atom. The highest BCUT2D eigenvalue weighted by molar-refractivity contribution is 6.00. The number of hydrogen-bond donors (Lipinski definition) is 3. The molecule has 0 radical (unpaired) electrons. The smallest absolute Gasteiger partial charge is 0.416 e. The van der Waals surface area contributed by atoms with Gasteiger partial charge in [0, 0.05) is 93.6 Å². The molecule has 0 aliphatic carbocycles. The van der Waals surface area contributed by atoms with Crippen LogP contribution in [0.15, 0.2) is 219 Å². The number of pyridine rings is 2. The summed E-state index contributed by atoms with van der Waals surface area (Å²) in [6.07, 6.45) is 6.07. The van der Waals surface area contributed by atoms with Crippen LogP contribution in [0.2, 0.25) is 0 Å². The van der Waals surface area contributed by atoms with Gasteiger partial charge in [-0.2, -0.15) is 13.2 Å². The van der Waals surface area contributed by atoms with Crippen molar-refractivity contribution in [1.82, 2.24) is 40.6 Å². The molecule has 2 aromatic heterocycles. The molecular weight excluding hydrogens is 1410 g/mol. The van der Waals surface area contributed by atoms with Crippen molar-refractivity contribution in [2.24, 2.45) is 0 Å². The van der Waals surface area contributed by atoms with Crippen molar-refractivity contribution >= 4 is 52.5 Å². The van der Waals surface area contributed by atoms with Gasteiger partial charge in [-0.05, 0) is 215 Å². The lowest BCUT2D eigenvalue weighted by molar-refractivity contribution is -0.137. The third-order valence-electron chi connectivity index (χ3n) is 21.6. The third-order valence-corrected chi connectivity index (χ3v) is 21.6. The van der Waals surface area contributed by atoms with Crippen LogP contribution in [0.3, 0.4) is 0 Å². The molecule has 8 heterocycles. The monoisotopic (exact) mass is 1510 g/mol. The van der Waals surface area contributed by atoms with Crippen LogP contribution in [0, 0.1) is 0 Å². The number of aromatic nitrogens is 2. The van der Waals surface area contributed by atoms with Crippen molar-refractivity contribution in [1.29, 1.82) is 0 Å². The van der Waals surface area contributed by atoms with E-state index >= 15 is 0 Å². The zero-order chi connectivity index (χ0) is 76.9. The van der Waals surface area contributed by atoms with E-state index in [2.05, 4.69) is 52.8 Å². The molecular formula is C88H94F3N11O9. The minimum Gasteiger partial charge on any atom is -0.482 e. The minimum atomic E-state index is -4.36. The number of carbonyl (C=O) groups is 6. The highest BCUT2D eigenvalue weighted by atomic mass is 19.4. The fourth-order valence-electron chi connectivity index (χ4n) is 15.5. The van der Waals surface area contributed by atoms with E-state index in [-0.39, 0.29) is 61.2 Å². The minimum absolute atomic E-state index is 0.00392.